The highest BCUT2D eigenvalue weighted by atomic mass is 79.9. The zero-order valence-electron chi connectivity index (χ0n) is 10.7. The minimum absolute atomic E-state index is 0.436. The molecule has 0 bridgehead atoms. The molecule has 0 saturated carbocycles. The van der Waals surface area contributed by atoms with Gasteiger partial charge in [0.2, 0.25) is 0 Å². The summed E-state index contributed by atoms with van der Waals surface area (Å²) in [6.45, 7) is 5.09. The molecule has 1 heterocycles. The van der Waals surface area contributed by atoms with Crippen LogP contribution in [0.3, 0.4) is 0 Å². The molecule has 0 amide bonds. The topological polar surface area (TPSA) is 41.1 Å². The van der Waals surface area contributed by atoms with Crippen molar-refractivity contribution in [1.82, 2.24) is 9.97 Å². The first-order valence-electron chi connectivity index (χ1n) is 5.57. The van der Waals surface area contributed by atoms with E-state index in [-0.39, 0.29) is 0 Å². The van der Waals surface area contributed by atoms with E-state index >= 15 is 0 Å². The lowest BCUT2D eigenvalue weighted by Crippen LogP contribution is -2.32. The van der Waals surface area contributed by atoms with E-state index in [0.29, 0.717) is 6.04 Å². The van der Waals surface area contributed by atoms with E-state index in [0.717, 1.165) is 28.4 Å². The van der Waals surface area contributed by atoms with Crippen LogP contribution in [0.4, 0.5) is 11.6 Å². The minimum Gasteiger partial charge on any atom is -0.369 e. The van der Waals surface area contributed by atoms with Crippen LogP contribution in [0.25, 0.3) is 0 Å². The van der Waals surface area contributed by atoms with Gasteiger partial charge in [-0.1, -0.05) is 0 Å². The number of anilines is 2. The maximum absolute atomic E-state index is 4.34. The van der Waals surface area contributed by atoms with E-state index in [1.807, 2.05) is 18.7 Å². The summed E-state index contributed by atoms with van der Waals surface area (Å²) in [6.07, 6.45) is 3.71. The van der Waals surface area contributed by atoms with Gasteiger partial charge in [-0.3, -0.25) is 0 Å². The van der Waals surface area contributed by atoms with Crippen molar-refractivity contribution in [3.8, 4) is 0 Å². The Morgan fingerprint density at radius 3 is 2.82 bits per heavy atom. The fourth-order valence-electron chi connectivity index (χ4n) is 1.46. The van der Waals surface area contributed by atoms with Crippen molar-refractivity contribution in [2.45, 2.75) is 19.9 Å². The quantitative estimate of drug-likeness (QED) is 0.873. The van der Waals surface area contributed by atoms with Crippen molar-refractivity contribution < 1.29 is 0 Å². The molecule has 0 fully saturated rings. The van der Waals surface area contributed by atoms with Crippen molar-refractivity contribution in [3.05, 3.63) is 10.8 Å². The number of hydrogen-bond donors (Lipinski definition) is 1. The van der Waals surface area contributed by atoms with E-state index in [4.69, 9.17) is 0 Å². The lowest BCUT2D eigenvalue weighted by Gasteiger charge is -2.26. The second-order valence-corrected chi connectivity index (χ2v) is 5.51. The van der Waals surface area contributed by atoms with Gasteiger partial charge >= 0.3 is 0 Å². The van der Waals surface area contributed by atoms with Crippen LogP contribution < -0.4 is 10.2 Å². The molecule has 6 heteroatoms. The van der Waals surface area contributed by atoms with E-state index < -0.39 is 0 Å². The van der Waals surface area contributed by atoms with Gasteiger partial charge in [-0.25, -0.2) is 9.97 Å². The first-order chi connectivity index (χ1) is 8.11. The Labute approximate surface area is 116 Å². The maximum atomic E-state index is 4.34. The molecule has 1 N–H and O–H groups in total. The van der Waals surface area contributed by atoms with Crippen LogP contribution in [0.15, 0.2) is 10.8 Å². The summed E-state index contributed by atoms with van der Waals surface area (Å²) in [6, 6.07) is 0.436. The largest absolute Gasteiger partial charge is 0.369 e. The number of hydrogen-bond acceptors (Lipinski definition) is 5. The Kier molecular flexibility index (Phi) is 6.05. The lowest BCUT2D eigenvalue weighted by atomic mass is 10.3. The number of aromatic nitrogens is 2. The highest BCUT2D eigenvalue weighted by Gasteiger charge is 2.16. The standard InChI is InChI=1S/C11H19BrN4S/c1-5-13-10-9(12)11(15-7-14-10)16(3)8(2)6-17-4/h7-8H,5-6H2,1-4H3,(H,13,14,15). The number of halogens is 1. The Bertz CT molecular complexity index is 361. The van der Waals surface area contributed by atoms with Gasteiger partial charge in [0.25, 0.3) is 0 Å². The molecule has 1 rings (SSSR count). The van der Waals surface area contributed by atoms with Crippen LogP contribution in [-0.4, -0.2) is 41.6 Å². The molecule has 0 aliphatic heterocycles. The fourth-order valence-corrected chi connectivity index (χ4v) is 2.79. The predicted molar refractivity (Wildman–Crippen MR) is 80.1 cm³/mol. The molecule has 0 aromatic carbocycles. The second-order valence-electron chi connectivity index (χ2n) is 3.81. The molecule has 96 valence electrons. The van der Waals surface area contributed by atoms with E-state index in [9.17, 15) is 0 Å². The van der Waals surface area contributed by atoms with E-state index in [1.165, 1.54) is 0 Å². The summed E-state index contributed by atoms with van der Waals surface area (Å²) in [5, 5.41) is 3.21. The van der Waals surface area contributed by atoms with Crippen LogP contribution >= 0.6 is 27.7 Å². The molecule has 0 aliphatic rings. The third kappa shape index (κ3) is 3.74. The molecule has 1 aromatic rings. The molecule has 0 radical (unpaired) electrons. The average Bonchev–Trinajstić information content (AvgIpc) is 2.31. The Hall–Kier alpha value is -0.490. The van der Waals surface area contributed by atoms with Gasteiger partial charge in [-0.05, 0) is 36.0 Å². The molecule has 17 heavy (non-hydrogen) atoms. The van der Waals surface area contributed by atoms with Gasteiger partial charge in [0.05, 0.1) is 0 Å². The van der Waals surface area contributed by atoms with Crippen LogP contribution in [0.5, 0.6) is 0 Å². The minimum atomic E-state index is 0.436. The van der Waals surface area contributed by atoms with Gasteiger partial charge in [0, 0.05) is 25.4 Å². The molecule has 1 unspecified atom stereocenters. The zero-order valence-corrected chi connectivity index (χ0v) is 13.1. The average molecular weight is 319 g/mol. The van der Waals surface area contributed by atoms with Gasteiger partial charge in [0.15, 0.2) is 0 Å². The molecule has 1 atom stereocenters. The van der Waals surface area contributed by atoms with Gasteiger partial charge in [-0.2, -0.15) is 11.8 Å². The third-order valence-corrected chi connectivity index (χ3v) is 4.06. The second kappa shape index (κ2) is 7.06. The highest BCUT2D eigenvalue weighted by Crippen LogP contribution is 2.29. The van der Waals surface area contributed by atoms with Crippen molar-refractivity contribution in [3.63, 3.8) is 0 Å². The van der Waals surface area contributed by atoms with Crippen LogP contribution in [0, 0.1) is 0 Å². The molecule has 0 aliphatic carbocycles. The molecule has 4 nitrogen and oxygen atoms in total. The Balaban J connectivity index is 2.93. The third-order valence-electron chi connectivity index (χ3n) is 2.52. The number of thioether (sulfide) groups is 1. The zero-order chi connectivity index (χ0) is 12.8. The van der Waals surface area contributed by atoms with Crippen molar-refractivity contribution in [2.24, 2.45) is 0 Å². The van der Waals surface area contributed by atoms with Crippen LogP contribution in [0.1, 0.15) is 13.8 Å². The maximum Gasteiger partial charge on any atom is 0.148 e. The highest BCUT2D eigenvalue weighted by molar-refractivity contribution is 9.10. The fraction of sp³-hybridized carbons (Fsp3) is 0.636. The van der Waals surface area contributed by atoms with Crippen molar-refractivity contribution in [2.75, 3.05) is 35.8 Å². The lowest BCUT2D eigenvalue weighted by molar-refractivity contribution is 0.749. The van der Waals surface area contributed by atoms with Gasteiger partial charge in [-0.15, -0.1) is 0 Å². The van der Waals surface area contributed by atoms with E-state index in [2.05, 4.69) is 56.3 Å². The number of nitrogens with one attached hydrogen (secondary N) is 1. The summed E-state index contributed by atoms with van der Waals surface area (Å²) < 4.78 is 0.928. The number of rotatable bonds is 6. The normalized spacial score (nSPS) is 12.3. The SMILES string of the molecule is CCNc1ncnc(N(C)C(C)CSC)c1Br. The predicted octanol–water partition coefficient (Wildman–Crippen LogP) is 2.86. The summed E-state index contributed by atoms with van der Waals surface area (Å²) in [5.41, 5.74) is 0. The van der Waals surface area contributed by atoms with Crippen molar-refractivity contribution in [1.29, 1.82) is 0 Å². The first kappa shape index (κ1) is 14.6. The molecule has 0 saturated heterocycles. The monoisotopic (exact) mass is 318 g/mol. The van der Waals surface area contributed by atoms with E-state index in [1.54, 1.807) is 6.33 Å². The Morgan fingerprint density at radius 1 is 1.53 bits per heavy atom. The first-order valence-corrected chi connectivity index (χ1v) is 7.76. The van der Waals surface area contributed by atoms with Gasteiger partial charge in [0.1, 0.15) is 22.4 Å². The van der Waals surface area contributed by atoms with Crippen LogP contribution in [0.2, 0.25) is 0 Å². The molecule has 0 spiro atoms. The summed E-state index contributed by atoms with van der Waals surface area (Å²) in [5.74, 6) is 2.85. The summed E-state index contributed by atoms with van der Waals surface area (Å²) in [7, 11) is 2.06. The summed E-state index contributed by atoms with van der Waals surface area (Å²) >= 11 is 5.40. The molecule has 1 aromatic heterocycles. The van der Waals surface area contributed by atoms with Crippen molar-refractivity contribution >= 4 is 39.3 Å². The number of nitrogens with zero attached hydrogens (tertiary/aromatic N) is 3. The Morgan fingerprint density at radius 2 is 2.24 bits per heavy atom. The molecular weight excluding hydrogens is 300 g/mol. The summed E-state index contributed by atoms with van der Waals surface area (Å²) in [4.78, 5) is 10.7. The van der Waals surface area contributed by atoms with Gasteiger partial charge < -0.3 is 10.2 Å². The van der Waals surface area contributed by atoms with Crippen LogP contribution in [-0.2, 0) is 0 Å². The smallest absolute Gasteiger partial charge is 0.148 e. The molecular formula is C11H19BrN4S.